The molecule has 1 saturated heterocycles. The number of benzene rings is 2. The zero-order chi connectivity index (χ0) is 20.8. The molecule has 1 aliphatic heterocycles. The van der Waals surface area contributed by atoms with Gasteiger partial charge in [-0.2, -0.15) is 20.1 Å². The summed E-state index contributed by atoms with van der Waals surface area (Å²) in [6.45, 7) is 1.75. The molecule has 1 fully saturated rings. The molecular formula is C21H21F2N7. The van der Waals surface area contributed by atoms with E-state index in [2.05, 4.69) is 35.7 Å². The van der Waals surface area contributed by atoms with E-state index in [9.17, 15) is 8.78 Å². The van der Waals surface area contributed by atoms with Crippen molar-refractivity contribution in [2.45, 2.75) is 19.3 Å². The van der Waals surface area contributed by atoms with Gasteiger partial charge in [-0.25, -0.2) is 14.2 Å². The Bertz CT molecular complexity index is 1000. The predicted octanol–water partition coefficient (Wildman–Crippen LogP) is 4.33. The summed E-state index contributed by atoms with van der Waals surface area (Å²) in [4.78, 5) is 15.5. The molecule has 30 heavy (non-hydrogen) atoms. The number of hydrazone groups is 1. The summed E-state index contributed by atoms with van der Waals surface area (Å²) < 4.78 is 26.2. The summed E-state index contributed by atoms with van der Waals surface area (Å²) in [6.07, 6.45) is 4.90. The van der Waals surface area contributed by atoms with Crippen LogP contribution in [0.1, 0.15) is 24.8 Å². The molecule has 0 aliphatic carbocycles. The smallest absolute Gasteiger partial charge is 0.250 e. The average molecular weight is 409 g/mol. The van der Waals surface area contributed by atoms with Crippen molar-refractivity contribution < 1.29 is 8.78 Å². The molecule has 4 rings (SSSR count). The van der Waals surface area contributed by atoms with E-state index >= 15 is 0 Å². The highest BCUT2D eigenvalue weighted by atomic mass is 19.1. The first-order valence-electron chi connectivity index (χ1n) is 9.74. The van der Waals surface area contributed by atoms with Gasteiger partial charge in [0.1, 0.15) is 11.6 Å². The molecule has 2 aromatic carbocycles. The molecule has 0 saturated carbocycles. The van der Waals surface area contributed by atoms with Crippen LogP contribution in [0.4, 0.5) is 32.3 Å². The van der Waals surface area contributed by atoms with Crippen LogP contribution < -0.4 is 15.6 Å². The summed E-state index contributed by atoms with van der Waals surface area (Å²) in [6, 6.07) is 11.9. The number of anilines is 4. The predicted molar refractivity (Wildman–Crippen MR) is 113 cm³/mol. The average Bonchev–Trinajstić information content (AvgIpc) is 2.77. The van der Waals surface area contributed by atoms with E-state index in [-0.39, 0.29) is 17.6 Å². The van der Waals surface area contributed by atoms with E-state index in [0.29, 0.717) is 17.6 Å². The van der Waals surface area contributed by atoms with Crippen LogP contribution in [0.2, 0.25) is 0 Å². The number of rotatable bonds is 6. The number of piperidine rings is 1. The molecular weight excluding hydrogens is 388 g/mol. The van der Waals surface area contributed by atoms with Crippen LogP contribution in [0.3, 0.4) is 0 Å². The first-order chi connectivity index (χ1) is 14.7. The highest BCUT2D eigenvalue weighted by molar-refractivity contribution is 5.79. The van der Waals surface area contributed by atoms with Gasteiger partial charge in [-0.3, -0.25) is 0 Å². The molecule has 1 aromatic heterocycles. The van der Waals surface area contributed by atoms with E-state index in [1.807, 2.05) is 0 Å². The second-order valence-electron chi connectivity index (χ2n) is 6.88. The number of nitrogens with one attached hydrogen (secondary N) is 2. The first kappa shape index (κ1) is 19.7. The van der Waals surface area contributed by atoms with Gasteiger partial charge in [0.2, 0.25) is 17.8 Å². The Morgan fingerprint density at radius 1 is 0.800 bits per heavy atom. The summed E-state index contributed by atoms with van der Waals surface area (Å²) >= 11 is 0. The van der Waals surface area contributed by atoms with Gasteiger partial charge in [-0.1, -0.05) is 12.1 Å². The summed E-state index contributed by atoms with van der Waals surface area (Å²) in [7, 11) is 0. The standard InChI is InChI=1S/C21H21F2N7/c22-16-6-4-15(5-7-16)14-24-29-20-26-19(25-18-10-8-17(23)9-11-18)27-21(28-20)30-12-2-1-3-13-30/h4-11,14H,1-3,12-13H2,(H2,25,26,27,28,29). The van der Waals surface area contributed by atoms with Gasteiger partial charge < -0.3 is 10.2 Å². The quantitative estimate of drug-likeness (QED) is 0.466. The van der Waals surface area contributed by atoms with Crippen LogP contribution in [0.15, 0.2) is 53.6 Å². The van der Waals surface area contributed by atoms with Crippen molar-refractivity contribution in [1.82, 2.24) is 15.0 Å². The molecule has 2 heterocycles. The molecule has 0 atom stereocenters. The third-order valence-corrected chi connectivity index (χ3v) is 4.61. The van der Waals surface area contributed by atoms with Crippen molar-refractivity contribution in [3.63, 3.8) is 0 Å². The van der Waals surface area contributed by atoms with Gasteiger partial charge in [0, 0.05) is 18.8 Å². The van der Waals surface area contributed by atoms with Crippen molar-refractivity contribution in [2.75, 3.05) is 28.7 Å². The molecule has 0 unspecified atom stereocenters. The minimum absolute atomic E-state index is 0.272. The molecule has 7 nitrogen and oxygen atoms in total. The van der Waals surface area contributed by atoms with Crippen molar-refractivity contribution in [2.24, 2.45) is 5.10 Å². The highest BCUT2D eigenvalue weighted by Crippen LogP contribution is 2.21. The van der Waals surface area contributed by atoms with Crippen molar-refractivity contribution in [3.8, 4) is 0 Å². The summed E-state index contributed by atoms with van der Waals surface area (Å²) in [5, 5.41) is 7.22. The Morgan fingerprint density at radius 2 is 1.43 bits per heavy atom. The lowest BCUT2D eigenvalue weighted by Crippen LogP contribution is -2.31. The maximum absolute atomic E-state index is 13.2. The van der Waals surface area contributed by atoms with Crippen molar-refractivity contribution >= 4 is 29.7 Å². The summed E-state index contributed by atoms with van der Waals surface area (Å²) in [5.74, 6) is 0.530. The third kappa shape index (κ3) is 5.25. The van der Waals surface area contributed by atoms with E-state index in [1.165, 1.54) is 30.7 Å². The van der Waals surface area contributed by atoms with Crippen LogP contribution >= 0.6 is 0 Å². The lowest BCUT2D eigenvalue weighted by Gasteiger charge is -2.26. The Labute approximate surface area is 172 Å². The number of hydrogen-bond donors (Lipinski definition) is 2. The Hall–Kier alpha value is -3.62. The van der Waals surface area contributed by atoms with E-state index in [1.54, 1.807) is 30.5 Å². The van der Waals surface area contributed by atoms with Crippen LogP contribution in [0, 0.1) is 11.6 Å². The lowest BCUT2D eigenvalue weighted by atomic mass is 10.1. The topological polar surface area (TPSA) is 78.3 Å². The molecule has 0 bridgehead atoms. The third-order valence-electron chi connectivity index (χ3n) is 4.61. The van der Waals surface area contributed by atoms with E-state index in [0.717, 1.165) is 31.5 Å². The van der Waals surface area contributed by atoms with Crippen molar-refractivity contribution in [1.29, 1.82) is 0 Å². The Balaban J connectivity index is 1.55. The van der Waals surface area contributed by atoms with Crippen LogP contribution in [-0.2, 0) is 0 Å². The van der Waals surface area contributed by atoms with Gasteiger partial charge in [0.15, 0.2) is 0 Å². The molecule has 0 spiro atoms. The summed E-state index contributed by atoms with van der Waals surface area (Å²) in [5.41, 5.74) is 4.20. The lowest BCUT2D eigenvalue weighted by molar-refractivity contribution is 0.568. The number of hydrogen-bond acceptors (Lipinski definition) is 7. The van der Waals surface area contributed by atoms with Gasteiger partial charge >= 0.3 is 0 Å². The molecule has 2 N–H and O–H groups in total. The van der Waals surface area contributed by atoms with Gasteiger partial charge in [-0.15, -0.1) is 0 Å². The Kier molecular flexibility index (Phi) is 6.07. The molecule has 0 radical (unpaired) electrons. The molecule has 154 valence electrons. The van der Waals surface area contributed by atoms with E-state index < -0.39 is 0 Å². The zero-order valence-electron chi connectivity index (χ0n) is 16.2. The fourth-order valence-corrected chi connectivity index (χ4v) is 3.08. The van der Waals surface area contributed by atoms with Crippen LogP contribution in [0.25, 0.3) is 0 Å². The van der Waals surface area contributed by atoms with Crippen LogP contribution in [-0.4, -0.2) is 34.3 Å². The van der Waals surface area contributed by atoms with Gasteiger partial charge in [-0.05, 0) is 61.2 Å². The van der Waals surface area contributed by atoms with E-state index in [4.69, 9.17) is 0 Å². The number of halogens is 2. The SMILES string of the molecule is Fc1ccc(C=NNc2nc(Nc3ccc(F)cc3)nc(N3CCCCC3)n2)cc1. The second-order valence-corrected chi connectivity index (χ2v) is 6.88. The van der Waals surface area contributed by atoms with Gasteiger partial charge in [0.25, 0.3) is 0 Å². The molecule has 3 aromatic rings. The maximum Gasteiger partial charge on any atom is 0.250 e. The fraction of sp³-hybridized carbons (Fsp3) is 0.238. The largest absolute Gasteiger partial charge is 0.341 e. The zero-order valence-corrected chi connectivity index (χ0v) is 16.2. The molecule has 1 aliphatic rings. The fourth-order valence-electron chi connectivity index (χ4n) is 3.08. The maximum atomic E-state index is 13.2. The normalized spacial score (nSPS) is 14.1. The Morgan fingerprint density at radius 3 is 2.13 bits per heavy atom. The monoisotopic (exact) mass is 409 g/mol. The van der Waals surface area contributed by atoms with Crippen molar-refractivity contribution in [3.05, 3.63) is 65.7 Å². The second kappa shape index (κ2) is 9.25. The van der Waals surface area contributed by atoms with Crippen LogP contribution in [0.5, 0.6) is 0 Å². The minimum atomic E-state index is -0.317. The molecule has 9 heteroatoms. The first-order valence-corrected chi connectivity index (χ1v) is 9.74. The highest BCUT2D eigenvalue weighted by Gasteiger charge is 2.16. The molecule has 0 amide bonds. The number of aromatic nitrogens is 3. The van der Waals surface area contributed by atoms with Gasteiger partial charge in [0.05, 0.1) is 6.21 Å². The number of nitrogens with zero attached hydrogens (tertiary/aromatic N) is 5. The minimum Gasteiger partial charge on any atom is -0.341 e.